The van der Waals surface area contributed by atoms with Crippen LogP contribution in [0.15, 0.2) is 0 Å². The number of nitrogens with one attached hydrogen (secondary N) is 1. The van der Waals surface area contributed by atoms with Crippen molar-refractivity contribution in [2.45, 2.75) is 71.9 Å². The minimum absolute atomic E-state index is 0. The van der Waals surface area contributed by atoms with Gasteiger partial charge in [-0.05, 0) is 24.2 Å². The highest BCUT2D eigenvalue weighted by atomic mass is 35.5. The van der Waals surface area contributed by atoms with Crippen molar-refractivity contribution in [1.82, 2.24) is 5.32 Å². The smallest absolute Gasteiger partial charge is 0.237 e. The number of nitrogens with two attached hydrogens (primary N) is 1. The second kappa shape index (κ2) is 7.34. The maximum atomic E-state index is 12.0. The third-order valence-corrected chi connectivity index (χ3v) is 3.92. The van der Waals surface area contributed by atoms with Gasteiger partial charge in [0.1, 0.15) is 0 Å². The van der Waals surface area contributed by atoms with Crippen molar-refractivity contribution in [3.05, 3.63) is 0 Å². The molecule has 1 fully saturated rings. The molecule has 0 spiro atoms. The minimum atomic E-state index is -0.412. The Labute approximate surface area is 118 Å². The fraction of sp³-hybridized carbons (Fsp3) is 0.929. The van der Waals surface area contributed by atoms with E-state index in [-0.39, 0.29) is 23.7 Å². The van der Waals surface area contributed by atoms with Gasteiger partial charge >= 0.3 is 0 Å². The van der Waals surface area contributed by atoms with E-state index in [1.807, 2.05) is 20.8 Å². The molecule has 0 aromatic rings. The van der Waals surface area contributed by atoms with Crippen molar-refractivity contribution in [2.75, 3.05) is 0 Å². The number of rotatable bonds is 3. The first kappa shape index (κ1) is 17.7. The molecule has 0 heterocycles. The van der Waals surface area contributed by atoms with Crippen LogP contribution in [0.25, 0.3) is 0 Å². The summed E-state index contributed by atoms with van der Waals surface area (Å²) in [4.78, 5) is 12.0. The molecule has 0 saturated heterocycles. The molecule has 3 N–H and O–H groups in total. The molecule has 1 aliphatic carbocycles. The Morgan fingerprint density at radius 2 is 2.00 bits per heavy atom. The molecule has 3 nitrogen and oxygen atoms in total. The third kappa shape index (κ3) is 5.15. The maximum Gasteiger partial charge on any atom is 0.237 e. The van der Waals surface area contributed by atoms with Crippen molar-refractivity contribution in [3.8, 4) is 0 Å². The second-order valence-corrected chi connectivity index (χ2v) is 6.49. The molecule has 108 valence electrons. The molecular weight excluding hydrogens is 248 g/mol. The quantitative estimate of drug-likeness (QED) is 0.833. The Bertz CT molecular complexity index is 263. The summed E-state index contributed by atoms with van der Waals surface area (Å²) < 4.78 is 0. The van der Waals surface area contributed by atoms with Crippen LogP contribution in [0.2, 0.25) is 0 Å². The van der Waals surface area contributed by atoms with Gasteiger partial charge in [-0.1, -0.05) is 47.0 Å². The summed E-state index contributed by atoms with van der Waals surface area (Å²) in [5.41, 5.74) is 5.80. The van der Waals surface area contributed by atoms with Crippen LogP contribution in [0, 0.1) is 11.3 Å². The number of hydrogen-bond donors (Lipinski definition) is 2. The van der Waals surface area contributed by atoms with E-state index in [0.29, 0.717) is 6.04 Å². The Kier molecular flexibility index (Phi) is 7.23. The van der Waals surface area contributed by atoms with Gasteiger partial charge in [0.05, 0.1) is 6.04 Å². The lowest BCUT2D eigenvalue weighted by atomic mass is 9.83. The molecule has 18 heavy (non-hydrogen) atoms. The fourth-order valence-electron chi connectivity index (χ4n) is 2.48. The van der Waals surface area contributed by atoms with Gasteiger partial charge in [-0.3, -0.25) is 4.79 Å². The van der Waals surface area contributed by atoms with Crippen LogP contribution in [0.5, 0.6) is 0 Å². The van der Waals surface area contributed by atoms with Crippen molar-refractivity contribution in [2.24, 2.45) is 17.1 Å². The van der Waals surface area contributed by atoms with E-state index in [4.69, 9.17) is 5.73 Å². The molecule has 0 aliphatic heterocycles. The zero-order chi connectivity index (χ0) is 13.1. The first-order valence-electron chi connectivity index (χ1n) is 6.90. The molecule has 1 saturated carbocycles. The summed E-state index contributed by atoms with van der Waals surface area (Å²) in [5, 5.41) is 3.13. The standard InChI is InChI=1S/C14H28N2O.ClH/c1-5-10-7-6-8-11(9-10)16-13(17)12(15)14(2,3)4;/h10-12H,5-9,15H2,1-4H3,(H,16,17);1H/t10?,11?,12-;/m1./s1. The molecule has 3 atom stereocenters. The van der Waals surface area contributed by atoms with Gasteiger partial charge in [0.25, 0.3) is 0 Å². The monoisotopic (exact) mass is 276 g/mol. The average Bonchev–Trinajstić information content (AvgIpc) is 2.27. The number of amides is 1. The summed E-state index contributed by atoms with van der Waals surface area (Å²) in [6.45, 7) is 8.25. The van der Waals surface area contributed by atoms with Gasteiger partial charge in [0.2, 0.25) is 5.91 Å². The number of hydrogen-bond acceptors (Lipinski definition) is 2. The van der Waals surface area contributed by atoms with Crippen LogP contribution >= 0.6 is 12.4 Å². The number of halogens is 1. The third-order valence-electron chi connectivity index (χ3n) is 3.92. The highest BCUT2D eigenvalue weighted by Crippen LogP contribution is 2.27. The molecule has 0 aromatic carbocycles. The highest BCUT2D eigenvalue weighted by Gasteiger charge is 2.30. The Hall–Kier alpha value is -0.280. The predicted octanol–water partition coefficient (Wildman–Crippen LogP) is 2.87. The summed E-state index contributed by atoms with van der Waals surface area (Å²) in [7, 11) is 0. The van der Waals surface area contributed by atoms with Gasteiger partial charge in [0.15, 0.2) is 0 Å². The van der Waals surface area contributed by atoms with Crippen molar-refractivity contribution in [1.29, 1.82) is 0 Å². The lowest BCUT2D eigenvalue weighted by Crippen LogP contribution is -2.52. The van der Waals surface area contributed by atoms with Crippen LogP contribution in [-0.4, -0.2) is 18.0 Å². The Morgan fingerprint density at radius 3 is 2.50 bits per heavy atom. The molecule has 1 amide bonds. The lowest BCUT2D eigenvalue weighted by molar-refractivity contribution is -0.125. The summed E-state index contributed by atoms with van der Waals surface area (Å²) >= 11 is 0. The second-order valence-electron chi connectivity index (χ2n) is 6.49. The zero-order valence-electron chi connectivity index (χ0n) is 12.2. The number of carbonyl (C=O) groups excluding carboxylic acids is 1. The van der Waals surface area contributed by atoms with E-state index in [2.05, 4.69) is 12.2 Å². The molecule has 0 bridgehead atoms. The zero-order valence-corrected chi connectivity index (χ0v) is 13.0. The lowest BCUT2D eigenvalue weighted by Gasteiger charge is -2.32. The SMILES string of the molecule is CCC1CCCC(NC(=O)[C@@H](N)C(C)(C)C)C1.Cl. The molecule has 0 radical (unpaired) electrons. The van der Waals surface area contributed by atoms with Crippen LogP contribution in [0.4, 0.5) is 0 Å². The van der Waals surface area contributed by atoms with E-state index in [1.165, 1.54) is 19.3 Å². The van der Waals surface area contributed by atoms with Crippen molar-refractivity contribution < 1.29 is 4.79 Å². The molecule has 0 aromatic heterocycles. The minimum Gasteiger partial charge on any atom is -0.352 e. The van der Waals surface area contributed by atoms with Crippen LogP contribution in [-0.2, 0) is 4.79 Å². The average molecular weight is 277 g/mol. The van der Waals surface area contributed by atoms with E-state index in [9.17, 15) is 4.79 Å². The largest absolute Gasteiger partial charge is 0.352 e. The van der Waals surface area contributed by atoms with E-state index in [1.54, 1.807) is 0 Å². The highest BCUT2D eigenvalue weighted by molar-refractivity contribution is 5.85. The topological polar surface area (TPSA) is 55.1 Å². The van der Waals surface area contributed by atoms with Crippen molar-refractivity contribution >= 4 is 18.3 Å². The molecule has 1 rings (SSSR count). The molecular formula is C14H29ClN2O. The maximum absolute atomic E-state index is 12.0. The normalized spacial score (nSPS) is 26.1. The van der Waals surface area contributed by atoms with Crippen LogP contribution < -0.4 is 11.1 Å². The molecule has 2 unspecified atom stereocenters. The Morgan fingerprint density at radius 1 is 1.39 bits per heavy atom. The summed E-state index contributed by atoms with van der Waals surface area (Å²) in [6.07, 6.45) is 6.00. The van der Waals surface area contributed by atoms with Gasteiger partial charge in [-0.25, -0.2) is 0 Å². The molecule has 1 aliphatic rings. The number of carbonyl (C=O) groups is 1. The Balaban J connectivity index is 0.00000289. The van der Waals surface area contributed by atoms with E-state index in [0.717, 1.165) is 18.8 Å². The van der Waals surface area contributed by atoms with Crippen LogP contribution in [0.1, 0.15) is 59.8 Å². The van der Waals surface area contributed by atoms with Gasteiger partial charge in [0, 0.05) is 6.04 Å². The first-order valence-corrected chi connectivity index (χ1v) is 6.90. The molecule has 4 heteroatoms. The van der Waals surface area contributed by atoms with Crippen molar-refractivity contribution in [3.63, 3.8) is 0 Å². The van der Waals surface area contributed by atoms with Gasteiger partial charge in [-0.2, -0.15) is 0 Å². The summed E-state index contributed by atoms with van der Waals surface area (Å²) in [6, 6.07) is -0.0703. The van der Waals surface area contributed by atoms with Crippen LogP contribution in [0.3, 0.4) is 0 Å². The van der Waals surface area contributed by atoms with Gasteiger partial charge in [-0.15, -0.1) is 12.4 Å². The van der Waals surface area contributed by atoms with E-state index >= 15 is 0 Å². The van der Waals surface area contributed by atoms with Gasteiger partial charge < -0.3 is 11.1 Å². The van der Waals surface area contributed by atoms with E-state index < -0.39 is 6.04 Å². The first-order chi connectivity index (χ1) is 7.84. The predicted molar refractivity (Wildman–Crippen MR) is 78.9 cm³/mol. The fourth-order valence-corrected chi connectivity index (χ4v) is 2.48. The summed E-state index contributed by atoms with van der Waals surface area (Å²) in [5.74, 6) is 0.791.